The lowest BCUT2D eigenvalue weighted by Gasteiger charge is -2.20. The van der Waals surface area contributed by atoms with E-state index in [2.05, 4.69) is 5.32 Å². The van der Waals surface area contributed by atoms with Crippen molar-refractivity contribution >= 4 is 23.5 Å². The molecule has 0 aliphatic carbocycles. The highest BCUT2D eigenvalue weighted by atomic mass is 35.5. The smallest absolute Gasteiger partial charge is 0.320 e. The molecule has 0 aromatic heterocycles. The van der Waals surface area contributed by atoms with E-state index in [4.69, 9.17) is 26.2 Å². The predicted octanol–water partition coefficient (Wildman–Crippen LogP) is 0.927. The average Bonchev–Trinajstić information content (AvgIpc) is 2.88. The van der Waals surface area contributed by atoms with Crippen LogP contribution in [-0.4, -0.2) is 60.8 Å². The van der Waals surface area contributed by atoms with Gasteiger partial charge in [-0.2, -0.15) is 0 Å². The van der Waals surface area contributed by atoms with Crippen LogP contribution in [0.2, 0.25) is 5.02 Å². The Balaban J connectivity index is 1.62. The van der Waals surface area contributed by atoms with Crippen LogP contribution in [-0.2, 0) is 16.0 Å². The molecule has 0 spiro atoms. The predicted molar refractivity (Wildman–Crippen MR) is 86.7 cm³/mol. The molecular formula is C16H19ClN2O5. The third-order valence-electron chi connectivity index (χ3n) is 4.26. The van der Waals surface area contributed by atoms with Gasteiger partial charge in [-0.1, -0.05) is 11.6 Å². The molecule has 2 atom stereocenters. The number of aliphatic carboxylic acids is 1. The van der Waals surface area contributed by atoms with Gasteiger partial charge in [0.25, 0.3) is 0 Å². The normalized spacial score (nSPS) is 23.1. The lowest BCUT2D eigenvalue weighted by atomic mass is 10.1. The molecule has 8 heteroatoms. The van der Waals surface area contributed by atoms with Crippen molar-refractivity contribution in [2.45, 2.75) is 24.9 Å². The minimum absolute atomic E-state index is 0.105. The van der Waals surface area contributed by atoms with E-state index in [0.29, 0.717) is 48.3 Å². The van der Waals surface area contributed by atoms with E-state index in [-0.39, 0.29) is 18.4 Å². The van der Waals surface area contributed by atoms with Crippen molar-refractivity contribution in [2.75, 3.05) is 26.8 Å². The van der Waals surface area contributed by atoms with Crippen LogP contribution in [0.25, 0.3) is 0 Å². The number of carboxylic acids is 1. The second-order valence-electron chi connectivity index (χ2n) is 6.06. The second kappa shape index (κ2) is 6.86. The van der Waals surface area contributed by atoms with Crippen LogP contribution in [0, 0.1) is 0 Å². The number of carboxylic acid groups (broad SMARTS) is 1. The van der Waals surface area contributed by atoms with Crippen LogP contribution in [0.1, 0.15) is 12.0 Å². The minimum Gasteiger partial charge on any atom is -0.486 e. The molecule has 0 unspecified atom stereocenters. The van der Waals surface area contributed by atoms with Crippen molar-refractivity contribution in [1.82, 2.24) is 10.2 Å². The summed E-state index contributed by atoms with van der Waals surface area (Å²) in [7, 11) is 1.74. The topological polar surface area (TPSA) is 88.1 Å². The number of likely N-dealkylation sites (N-methyl/N-ethyl adjacent to an activating group) is 1. The maximum absolute atomic E-state index is 12.3. The van der Waals surface area contributed by atoms with Crippen LogP contribution in [0.5, 0.6) is 11.5 Å². The Kier molecular flexibility index (Phi) is 4.82. The fraction of sp³-hybridized carbons (Fsp3) is 0.500. The van der Waals surface area contributed by atoms with Crippen molar-refractivity contribution in [3.05, 3.63) is 22.7 Å². The Morgan fingerprint density at radius 3 is 2.62 bits per heavy atom. The summed E-state index contributed by atoms with van der Waals surface area (Å²) in [5.41, 5.74) is 0.652. The molecule has 3 rings (SSSR count). The Bertz CT molecular complexity index is 666. The van der Waals surface area contributed by atoms with Gasteiger partial charge < -0.3 is 19.9 Å². The van der Waals surface area contributed by atoms with Crippen LogP contribution < -0.4 is 14.8 Å². The van der Waals surface area contributed by atoms with Crippen molar-refractivity contribution in [3.63, 3.8) is 0 Å². The zero-order chi connectivity index (χ0) is 17.3. The van der Waals surface area contributed by atoms with Gasteiger partial charge in [0.15, 0.2) is 11.5 Å². The average molecular weight is 355 g/mol. The third-order valence-corrected chi connectivity index (χ3v) is 4.61. The van der Waals surface area contributed by atoms with Crippen molar-refractivity contribution < 1.29 is 24.2 Å². The molecule has 0 radical (unpaired) electrons. The largest absolute Gasteiger partial charge is 0.486 e. The van der Waals surface area contributed by atoms with Crippen LogP contribution in [0.3, 0.4) is 0 Å². The number of nitrogens with zero attached hydrogens (tertiary/aromatic N) is 1. The highest BCUT2D eigenvalue weighted by Crippen LogP contribution is 2.35. The molecule has 2 heterocycles. The molecule has 1 aromatic rings. The summed E-state index contributed by atoms with van der Waals surface area (Å²) in [6.45, 7) is 1.45. The Morgan fingerprint density at radius 1 is 1.33 bits per heavy atom. The second-order valence-corrected chi connectivity index (χ2v) is 6.47. The number of carbonyl (C=O) groups excluding carboxylic acids is 1. The lowest BCUT2D eigenvalue weighted by molar-refractivity contribution is -0.141. The van der Waals surface area contributed by atoms with Crippen LogP contribution in [0.15, 0.2) is 12.1 Å². The first-order valence-corrected chi connectivity index (χ1v) is 8.12. The van der Waals surface area contributed by atoms with Gasteiger partial charge >= 0.3 is 5.97 Å². The highest BCUT2D eigenvalue weighted by Gasteiger charge is 2.35. The fourth-order valence-electron chi connectivity index (χ4n) is 3.09. The maximum Gasteiger partial charge on any atom is 0.320 e. The molecule has 24 heavy (non-hydrogen) atoms. The maximum atomic E-state index is 12.3. The molecule has 0 bridgehead atoms. The van der Waals surface area contributed by atoms with Gasteiger partial charge in [0, 0.05) is 23.7 Å². The van der Waals surface area contributed by atoms with E-state index in [1.54, 1.807) is 24.1 Å². The van der Waals surface area contributed by atoms with Crippen LogP contribution >= 0.6 is 11.6 Å². The van der Waals surface area contributed by atoms with Gasteiger partial charge in [0.05, 0.1) is 6.42 Å². The summed E-state index contributed by atoms with van der Waals surface area (Å²) in [5.74, 6) is 0.0965. The van der Waals surface area contributed by atoms with Gasteiger partial charge in [-0.15, -0.1) is 0 Å². The van der Waals surface area contributed by atoms with E-state index < -0.39 is 12.0 Å². The molecule has 0 saturated carbocycles. The summed E-state index contributed by atoms with van der Waals surface area (Å²) < 4.78 is 10.9. The summed E-state index contributed by atoms with van der Waals surface area (Å²) >= 11 is 6.21. The zero-order valence-electron chi connectivity index (χ0n) is 13.3. The number of halogens is 1. The number of carbonyl (C=O) groups is 2. The van der Waals surface area contributed by atoms with Gasteiger partial charge in [0.2, 0.25) is 5.91 Å². The number of amides is 1. The molecule has 1 saturated heterocycles. The summed E-state index contributed by atoms with van der Waals surface area (Å²) in [6, 6.07) is 2.63. The first kappa shape index (κ1) is 16.9. The minimum atomic E-state index is -0.871. The Morgan fingerprint density at radius 2 is 2.00 bits per heavy atom. The van der Waals surface area contributed by atoms with Crippen molar-refractivity contribution in [1.29, 1.82) is 0 Å². The van der Waals surface area contributed by atoms with Gasteiger partial charge in [-0.25, -0.2) is 0 Å². The van der Waals surface area contributed by atoms with Crippen molar-refractivity contribution in [2.24, 2.45) is 0 Å². The molecule has 2 aliphatic rings. The standard InChI is InChI=1S/C16H19ClN2O5/c1-19-8-10(6-12(19)16(21)22)18-15(20)5-9-4-13-14(7-11(9)17)24-3-2-23-13/h4,7,10,12H,2-3,5-6,8H2,1H3,(H,18,20)(H,21,22)/t10-,12+/m1/s1. The molecule has 1 fully saturated rings. The number of hydrogen-bond donors (Lipinski definition) is 2. The molecule has 1 amide bonds. The summed E-state index contributed by atoms with van der Waals surface area (Å²) in [5, 5.41) is 12.4. The van der Waals surface area contributed by atoms with Crippen molar-refractivity contribution in [3.8, 4) is 11.5 Å². The molecule has 2 aliphatic heterocycles. The monoisotopic (exact) mass is 354 g/mol. The lowest BCUT2D eigenvalue weighted by Crippen LogP contribution is -2.37. The van der Waals surface area contributed by atoms with E-state index in [1.807, 2.05) is 0 Å². The SMILES string of the molecule is CN1C[C@H](NC(=O)Cc2cc3c(cc2Cl)OCCO3)C[C@H]1C(=O)O. The number of fused-ring (bicyclic) bond motifs is 1. The number of ether oxygens (including phenoxy) is 2. The number of hydrogen-bond acceptors (Lipinski definition) is 5. The number of likely N-dealkylation sites (tertiary alicyclic amines) is 1. The number of benzene rings is 1. The van der Waals surface area contributed by atoms with E-state index in [1.165, 1.54) is 0 Å². The van der Waals surface area contributed by atoms with Crippen LogP contribution in [0.4, 0.5) is 0 Å². The Labute approximate surface area is 144 Å². The van der Waals surface area contributed by atoms with E-state index in [0.717, 1.165) is 0 Å². The fourth-order valence-corrected chi connectivity index (χ4v) is 3.31. The third kappa shape index (κ3) is 3.57. The first-order valence-electron chi connectivity index (χ1n) is 7.74. The van der Waals surface area contributed by atoms with E-state index >= 15 is 0 Å². The molecule has 130 valence electrons. The van der Waals surface area contributed by atoms with Gasteiger partial charge in [-0.3, -0.25) is 14.5 Å². The first-order chi connectivity index (χ1) is 11.4. The van der Waals surface area contributed by atoms with E-state index in [9.17, 15) is 9.59 Å². The molecule has 2 N–H and O–H groups in total. The molecule has 1 aromatic carbocycles. The number of nitrogens with one attached hydrogen (secondary N) is 1. The highest BCUT2D eigenvalue weighted by molar-refractivity contribution is 6.31. The van der Waals surface area contributed by atoms with Gasteiger partial charge in [-0.05, 0) is 25.1 Å². The van der Waals surface area contributed by atoms with Gasteiger partial charge in [0.1, 0.15) is 19.3 Å². The molecular weight excluding hydrogens is 336 g/mol. The Hall–Kier alpha value is -1.99. The molecule has 7 nitrogen and oxygen atoms in total. The summed E-state index contributed by atoms with van der Waals surface area (Å²) in [6.07, 6.45) is 0.500. The summed E-state index contributed by atoms with van der Waals surface area (Å²) in [4.78, 5) is 25.1. The zero-order valence-corrected chi connectivity index (χ0v) is 14.0. The number of rotatable bonds is 4. The quantitative estimate of drug-likeness (QED) is 0.836.